The van der Waals surface area contributed by atoms with E-state index in [2.05, 4.69) is 6.58 Å². The number of carbonyl (C=O) groups is 2. The number of para-hydroxylation sites is 1. The van der Waals surface area contributed by atoms with Gasteiger partial charge in [0, 0.05) is 22.7 Å². The van der Waals surface area contributed by atoms with Gasteiger partial charge in [-0.15, -0.1) is 6.58 Å². The van der Waals surface area contributed by atoms with E-state index in [0.29, 0.717) is 16.7 Å². The summed E-state index contributed by atoms with van der Waals surface area (Å²) in [7, 11) is -4.17. The fraction of sp³-hybridized carbons (Fsp3) is 0.200. The Morgan fingerprint density at radius 2 is 1.63 bits per heavy atom. The van der Waals surface area contributed by atoms with Crippen molar-refractivity contribution in [2.24, 2.45) is 5.41 Å². The Bertz CT molecular complexity index is 1100. The minimum absolute atomic E-state index is 0.0461. The molecule has 0 radical (unpaired) electrons. The zero-order valence-corrected chi connectivity index (χ0v) is 15.0. The van der Waals surface area contributed by atoms with Crippen LogP contribution in [0.4, 0.5) is 0 Å². The van der Waals surface area contributed by atoms with Crippen LogP contribution in [0.5, 0.6) is 5.75 Å². The summed E-state index contributed by atoms with van der Waals surface area (Å²) >= 11 is 0. The monoisotopic (exact) mass is 381 g/mol. The molecule has 27 heavy (non-hydrogen) atoms. The standard InChI is InChI=1S/C20H15NO5S/c1-2-12-11-20(18(22)13-7-3-4-8-14(13)19(20)23)17-15-9-5-6-10-16(15)26-27(24,25)21(12)17/h2-10,12,17H,1,11H2/t12-,17-/m0/s1. The summed E-state index contributed by atoms with van der Waals surface area (Å²) in [6, 6.07) is 11.6. The van der Waals surface area contributed by atoms with Crippen LogP contribution in [0.15, 0.2) is 61.2 Å². The molecule has 2 aliphatic heterocycles. The quantitative estimate of drug-likeness (QED) is 0.560. The fourth-order valence-electron chi connectivity index (χ4n) is 4.66. The Morgan fingerprint density at radius 1 is 1.04 bits per heavy atom. The molecule has 0 bridgehead atoms. The minimum Gasteiger partial charge on any atom is -0.370 e. The fourth-order valence-corrected chi connectivity index (χ4v) is 6.17. The van der Waals surface area contributed by atoms with Gasteiger partial charge in [0.25, 0.3) is 0 Å². The molecule has 0 saturated carbocycles. The van der Waals surface area contributed by atoms with E-state index < -0.39 is 27.8 Å². The van der Waals surface area contributed by atoms with Crippen molar-refractivity contribution in [1.82, 2.24) is 4.31 Å². The van der Waals surface area contributed by atoms with Crippen LogP contribution in [-0.4, -0.2) is 30.3 Å². The van der Waals surface area contributed by atoms with Crippen molar-refractivity contribution < 1.29 is 22.2 Å². The molecular weight excluding hydrogens is 366 g/mol. The summed E-state index contributed by atoms with van der Waals surface area (Å²) in [5.74, 6) is -0.525. The van der Waals surface area contributed by atoms with Crippen molar-refractivity contribution in [3.63, 3.8) is 0 Å². The van der Waals surface area contributed by atoms with Crippen LogP contribution >= 0.6 is 0 Å². The number of hydrogen-bond acceptors (Lipinski definition) is 5. The van der Waals surface area contributed by atoms with Crippen LogP contribution in [0, 0.1) is 5.41 Å². The van der Waals surface area contributed by atoms with Gasteiger partial charge in [0.15, 0.2) is 11.6 Å². The molecule has 1 fully saturated rings. The van der Waals surface area contributed by atoms with Crippen molar-refractivity contribution in [3.8, 4) is 5.75 Å². The number of benzene rings is 2. The summed E-state index contributed by atoms with van der Waals surface area (Å²) in [5, 5.41) is 0. The van der Waals surface area contributed by atoms with Crippen molar-refractivity contribution in [2.75, 3.05) is 0 Å². The van der Waals surface area contributed by atoms with Crippen LogP contribution in [0.25, 0.3) is 0 Å². The highest BCUT2D eigenvalue weighted by Crippen LogP contribution is 2.60. The van der Waals surface area contributed by atoms with E-state index in [0.717, 1.165) is 4.31 Å². The van der Waals surface area contributed by atoms with Crippen LogP contribution in [0.2, 0.25) is 0 Å². The molecule has 2 aromatic carbocycles. The van der Waals surface area contributed by atoms with Crippen molar-refractivity contribution in [2.45, 2.75) is 18.5 Å². The maximum atomic E-state index is 13.5. The first kappa shape index (κ1) is 16.4. The van der Waals surface area contributed by atoms with E-state index in [1.165, 1.54) is 12.1 Å². The van der Waals surface area contributed by atoms with Gasteiger partial charge in [0.05, 0.1) is 6.04 Å². The lowest BCUT2D eigenvalue weighted by atomic mass is 9.72. The molecule has 2 aromatic rings. The molecule has 0 unspecified atom stereocenters. The SMILES string of the molecule is C=C[C@H]1CC2(C(=O)c3ccccc3C2=O)[C@@H]2c3ccccc3OS(=O)(=O)N21. The molecule has 0 amide bonds. The van der Waals surface area contributed by atoms with Gasteiger partial charge >= 0.3 is 10.3 Å². The third-order valence-electron chi connectivity index (χ3n) is 5.74. The molecule has 2 atom stereocenters. The predicted octanol–water partition coefficient (Wildman–Crippen LogP) is 2.69. The first-order valence-corrected chi connectivity index (χ1v) is 9.91. The highest BCUT2D eigenvalue weighted by atomic mass is 32.2. The molecule has 5 rings (SSSR count). The van der Waals surface area contributed by atoms with Crippen LogP contribution in [0.1, 0.15) is 38.7 Å². The maximum Gasteiger partial charge on any atom is 0.386 e. The molecule has 2 heterocycles. The second-order valence-electron chi connectivity index (χ2n) is 6.99. The number of carbonyl (C=O) groups excluding carboxylic acids is 2. The molecule has 1 aliphatic carbocycles. The summed E-state index contributed by atoms with van der Waals surface area (Å²) in [6.45, 7) is 3.72. The maximum absolute atomic E-state index is 13.5. The highest BCUT2D eigenvalue weighted by molar-refractivity contribution is 7.84. The first-order valence-electron chi connectivity index (χ1n) is 8.55. The molecule has 6 nitrogen and oxygen atoms in total. The number of Topliss-reactive ketones (excluding diaryl/α,β-unsaturated/α-hetero) is 2. The van der Waals surface area contributed by atoms with E-state index in [-0.39, 0.29) is 23.7 Å². The van der Waals surface area contributed by atoms with Gasteiger partial charge in [0.1, 0.15) is 11.2 Å². The Hall–Kier alpha value is -2.77. The van der Waals surface area contributed by atoms with E-state index >= 15 is 0 Å². The number of nitrogens with zero attached hydrogens (tertiary/aromatic N) is 1. The number of fused-ring (bicyclic) bond motifs is 5. The molecule has 0 aromatic heterocycles. The Morgan fingerprint density at radius 3 is 2.26 bits per heavy atom. The van der Waals surface area contributed by atoms with E-state index in [1.54, 1.807) is 42.5 Å². The normalized spacial score (nSPS) is 27.0. The number of ketones is 2. The Balaban J connectivity index is 1.83. The van der Waals surface area contributed by atoms with Crippen molar-refractivity contribution >= 4 is 21.9 Å². The molecule has 7 heteroatoms. The second kappa shape index (κ2) is 5.15. The lowest BCUT2D eigenvalue weighted by Crippen LogP contribution is -2.47. The highest BCUT2D eigenvalue weighted by Gasteiger charge is 2.68. The molecule has 136 valence electrons. The summed E-state index contributed by atoms with van der Waals surface area (Å²) in [6.07, 6.45) is 1.50. The number of hydrogen-bond donors (Lipinski definition) is 0. The second-order valence-corrected chi connectivity index (χ2v) is 8.44. The lowest BCUT2D eigenvalue weighted by Gasteiger charge is -2.37. The van der Waals surface area contributed by atoms with Gasteiger partial charge in [-0.05, 0) is 12.5 Å². The lowest BCUT2D eigenvalue weighted by molar-refractivity contribution is 0.0644. The summed E-state index contributed by atoms with van der Waals surface area (Å²) < 4.78 is 32.1. The molecule has 1 saturated heterocycles. The smallest absolute Gasteiger partial charge is 0.370 e. The topological polar surface area (TPSA) is 80.8 Å². The van der Waals surface area contributed by atoms with Gasteiger partial charge in [-0.3, -0.25) is 9.59 Å². The van der Waals surface area contributed by atoms with Crippen LogP contribution in [0.3, 0.4) is 0 Å². The molecular formula is C20H15NO5S. The minimum atomic E-state index is -4.17. The van der Waals surface area contributed by atoms with E-state index in [9.17, 15) is 18.0 Å². The van der Waals surface area contributed by atoms with Crippen LogP contribution < -0.4 is 4.18 Å². The Labute approximate surface area is 156 Å². The van der Waals surface area contributed by atoms with Gasteiger partial charge in [0.2, 0.25) is 0 Å². The van der Waals surface area contributed by atoms with E-state index in [4.69, 9.17) is 4.18 Å². The zero-order chi connectivity index (χ0) is 19.0. The molecule has 3 aliphatic rings. The van der Waals surface area contributed by atoms with Gasteiger partial charge in [-0.1, -0.05) is 48.5 Å². The zero-order valence-electron chi connectivity index (χ0n) is 14.2. The van der Waals surface area contributed by atoms with Gasteiger partial charge in [-0.2, -0.15) is 12.7 Å². The van der Waals surface area contributed by atoms with Crippen LogP contribution in [-0.2, 0) is 10.3 Å². The largest absolute Gasteiger partial charge is 0.386 e. The first-order chi connectivity index (χ1) is 12.9. The average molecular weight is 381 g/mol. The Kier molecular flexibility index (Phi) is 3.13. The predicted molar refractivity (Wildman–Crippen MR) is 96.7 cm³/mol. The third kappa shape index (κ3) is 1.85. The molecule has 0 N–H and O–H groups in total. The van der Waals surface area contributed by atoms with Crippen molar-refractivity contribution in [3.05, 3.63) is 77.9 Å². The third-order valence-corrected chi connectivity index (χ3v) is 7.13. The van der Waals surface area contributed by atoms with Gasteiger partial charge < -0.3 is 4.18 Å². The summed E-state index contributed by atoms with van der Waals surface area (Å²) in [5.41, 5.74) is -0.302. The number of rotatable bonds is 1. The van der Waals surface area contributed by atoms with Crippen molar-refractivity contribution in [1.29, 1.82) is 0 Å². The summed E-state index contributed by atoms with van der Waals surface area (Å²) in [4.78, 5) is 26.9. The van der Waals surface area contributed by atoms with E-state index in [1.807, 2.05) is 0 Å². The molecule has 1 spiro atoms. The average Bonchev–Trinajstić information content (AvgIpc) is 3.13. The van der Waals surface area contributed by atoms with Gasteiger partial charge in [-0.25, -0.2) is 0 Å².